The van der Waals surface area contributed by atoms with E-state index in [0.717, 1.165) is 49.7 Å². The Bertz CT molecular complexity index is 3690. The standard InChI is InChI=1S/C51H29N5S/c1-3-14-30(15-4-1)49-52-50(31-16-5-2-6-17-31)54-51(53-49)56-42-24-12-10-21-36(42)39-27-26-38-35-20-9-11-23-41(35)55(47(38)48(39)56)32-28-40-34-19-8-7-18-33(34)37-22-13-25-43-45(37)46(40)44(29-32)57-43/h1-29H. The van der Waals surface area contributed by atoms with Gasteiger partial charge < -0.3 is 4.57 Å². The number of aromatic nitrogens is 5. The van der Waals surface area contributed by atoms with E-state index in [1.165, 1.54) is 52.5 Å². The molecule has 0 saturated carbocycles. The summed E-state index contributed by atoms with van der Waals surface area (Å²) >= 11 is 1.88. The number of hydrogen-bond acceptors (Lipinski definition) is 4. The highest BCUT2D eigenvalue weighted by molar-refractivity contribution is 7.26. The Hall–Kier alpha value is -7.41. The maximum absolute atomic E-state index is 5.29. The topological polar surface area (TPSA) is 48.5 Å². The number of benzene rings is 9. The van der Waals surface area contributed by atoms with Crippen LogP contribution in [0.3, 0.4) is 0 Å². The van der Waals surface area contributed by atoms with Crippen molar-refractivity contribution in [3.05, 3.63) is 176 Å². The molecule has 0 fully saturated rings. The molecule has 13 aromatic rings. The first kappa shape index (κ1) is 30.9. The molecule has 13 rings (SSSR count). The minimum absolute atomic E-state index is 0.578. The molecule has 0 aliphatic carbocycles. The highest BCUT2D eigenvalue weighted by Gasteiger charge is 2.25. The summed E-state index contributed by atoms with van der Waals surface area (Å²) in [6.07, 6.45) is 0. The van der Waals surface area contributed by atoms with E-state index in [2.05, 4.69) is 149 Å². The second kappa shape index (κ2) is 11.6. The van der Waals surface area contributed by atoms with Gasteiger partial charge in [-0.1, -0.05) is 146 Å². The lowest BCUT2D eigenvalue weighted by molar-refractivity contribution is 0.953. The Morgan fingerprint density at radius 2 is 0.860 bits per heavy atom. The molecule has 0 saturated heterocycles. The summed E-state index contributed by atoms with van der Waals surface area (Å²) in [5.41, 5.74) is 7.37. The van der Waals surface area contributed by atoms with Crippen LogP contribution in [0.15, 0.2) is 176 Å². The molecule has 9 aromatic carbocycles. The Kier molecular flexibility index (Phi) is 6.26. The van der Waals surface area contributed by atoms with E-state index in [1.54, 1.807) is 0 Å². The zero-order valence-electron chi connectivity index (χ0n) is 30.4. The van der Waals surface area contributed by atoms with E-state index >= 15 is 0 Å². The minimum Gasteiger partial charge on any atom is -0.307 e. The summed E-state index contributed by atoms with van der Waals surface area (Å²) in [5.74, 6) is 1.84. The molecule has 0 aliphatic heterocycles. The van der Waals surface area contributed by atoms with Crippen LogP contribution in [-0.4, -0.2) is 24.1 Å². The van der Waals surface area contributed by atoms with Crippen molar-refractivity contribution in [3.8, 4) is 34.4 Å². The van der Waals surface area contributed by atoms with Crippen LogP contribution in [0.4, 0.5) is 0 Å². The molecule has 0 N–H and O–H groups in total. The lowest BCUT2D eigenvalue weighted by atomic mass is 9.94. The van der Waals surface area contributed by atoms with Crippen LogP contribution < -0.4 is 0 Å². The SMILES string of the molecule is c1ccc(-c2nc(-c3ccccc3)nc(-n3c4ccccc4c4ccc5c6ccccc6n(-c6cc7sc8cccc9c%10ccccc%10c(c6)c7c89)c5c43)n2)cc1. The van der Waals surface area contributed by atoms with Gasteiger partial charge >= 0.3 is 0 Å². The molecule has 0 atom stereocenters. The van der Waals surface area contributed by atoms with Gasteiger partial charge in [0.05, 0.1) is 22.1 Å². The lowest BCUT2D eigenvalue weighted by Gasteiger charge is -2.15. The van der Waals surface area contributed by atoms with Crippen molar-refractivity contribution < 1.29 is 0 Å². The zero-order chi connectivity index (χ0) is 37.2. The highest BCUT2D eigenvalue weighted by Crippen LogP contribution is 2.48. The average molecular weight is 744 g/mol. The normalized spacial score (nSPS) is 12.2. The monoisotopic (exact) mass is 743 g/mol. The second-order valence-corrected chi connectivity index (χ2v) is 15.9. The second-order valence-electron chi connectivity index (χ2n) is 14.8. The molecule has 4 heterocycles. The third-order valence-corrected chi connectivity index (χ3v) is 12.8. The molecular formula is C51H29N5S. The van der Waals surface area contributed by atoms with Crippen molar-refractivity contribution in [2.24, 2.45) is 0 Å². The molecular weight excluding hydrogens is 715 g/mol. The summed E-state index contributed by atoms with van der Waals surface area (Å²) in [6, 6.07) is 62.9. The number of fused-ring (bicyclic) bond motifs is 10. The summed E-state index contributed by atoms with van der Waals surface area (Å²) in [7, 11) is 0. The van der Waals surface area contributed by atoms with Crippen molar-refractivity contribution in [1.29, 1.82) is 0 Å². The van der Waals surface area contributed by atoms with E-state index < -0.39 is 0 Å². The third kappa shape index (κ3) is 4.30. The summed E-state index contributed by atoms with van der Waals surface area (Å²) in [4.78, 5) is 15.6. The molecule has 5 nitrogen and oxygen atoms in total. The molecule has 0 amide bonds. The van der Waals surface area contributed by atoms with E-state index in [-0.39, 0.29) is 0 Å². The molecule has 4 aromatic heterocycles. The summed E-state index contributed by atoms with van der Waals surface area (Å²) in [6.45, 7) is 0. The maximum atomic E-state index is 5.29. The van der Waals surface area contributed by atoms with E-state index in [9.17, 15) is 0 Å². The quantitative estimate of drug-likeness (QED) is 0.169. The van der Waals surface area contributed by atoms with Gasteiger partial charge in [-0.15, -0.1) is 11.3 Å². The van der Waals surface area contributed by atoms with Crippen LogP contribution in [0.2, 0.25) is 0 Å². The van der Waals surface area contributed by atoms with Gasteiger partial charge in [-0.25, -0.2) is 4.98 Å². The lowest BCUT2D eigenvalue weighted by Crippen LogP contribution is -2.07. The van der Waals surface area contributed by atoms with Gasteiger partial charge in [0.25, 0.3) is 0 Å². The summed E-state index contributed by atoms with van der Waals surface area (Å²) < 4.78 is 7.36. The first-order valence-electron chi connectivity index (χ1n) is 19.2. The Labute approximate surface area is 329 Å². The molecule has 0 spiro atoms. The van der Waals surface area contributed by atoms with E-state index in [4.69, 9.17) is 15.0 Å². The van der Waals surface area contributed by atoms with Crippen LogP contribution in [0.5, 0.6) is 0 Å². The van der Waals surface area contributed by atoms with Crippen molar-refractivity contribution in [2.75, 3.05) is 0 Å². The number of para-hydroxylation sites is 2. The molecule has 0 radical (unpaired) electrons. The fraction of sp³-hybridized carbons (Fsp3) is 0. The number of hydrogen-bond donors (Lipinski definition) is 0. The maximum Gasteiger partial charge on any atom is 0.238 e. The first-order chi connectivity index (χ1) is 28.3. The van der Waals surface area contributed by atoms with Crippen LogP contribution in [0, 0.1) is 0 Å². The van der Waals surface area contributed by atoms with Gasteiger partial charge in [-0.05, 0) is 51.9 Å². The third-order valence-electron chi connectivity index (χ3n) is 11.7. The number of thiophene rings is 1. The smallest absolute Gasteiger partial charge is 0.238 e. The molecule has 264 valence electrons. The molecule has 0 aliphatic rings. The first-order valence-corrected chi connectivity index (χ1v) is 20.0. The average Bonchev–Trinajstić information content (AvgIpc) is 3.94. The zero-order valence-corrected chi connectivity index (χ0v) is 31.2. The van der Waals surface area contributed by atoms with Gasteiger partial charge in [0.2, 0.25) is 5.95 Å². The largest absolute Gasteiger partial charge is 0.307 e. The molecule has 57 heavy (non-hydrogen) atoms. The predicted molar refractivity (Wildman–Crippen MR) is 238 cm³/mol. The summed E-state index contributed by atoms with van der Waals surface area (Å²) in [5, 5.41) is 12.5. The molecule has 0 bridgehead atoms. The Balaban J connectivity index is 1.21. The van der Waals surface area contributed by atoms with Gasteiger partial charge in [0.1, 0.15) is 0 Å². The van der Waals surface area contributed by atoms with Crippen LogP contribution in [-0.2, 0) is 0 Å². The molecule has 6 heteroatoms. The van der Waals surface area contributed by atoms with Crippen molar-refractivity contribution in [2.45, 2.75) is 0 Å². The van der Waals surface area contributed by atoms with Gasteiger partial charge in [-0.2, -0.15) is 9.97 Å². The van der Waals surface area contributed by atoms with Crippen molar-refractivity contribution >= 4 is 96.7 Å². The van der Waals surface area contributed by atoms with E-state index in [1.807, 2.05) is 47.7 Å². The number of nitrogens with zero attached hydrogens (tertiary/aromatic N) is 5. The fourth-order valence-electron chi connectivity index (χ4n) is 9.32. The van der Waals surface area contributed by atoms with Crippen LogP contribution >= 0.6 is 11.3 Å². The van der Waals surface area contributed by atoms with Gasteiger partial charge in [0.15, 0.2) is 11.6 Å². The van der Waals surface area contributed by atoms with Crippen LogP contribution in [0.1, 0.15) is 0 Å². The Morgan fingerprint density at radius 1 is 0.351 bits per heavy atom. The van der Waals surface area contributed by atoms with Crippen molar-refractivity contribution in [1.82, 2.24) is 24.1 Å². The van der Waals surface area contributed by atoms with Crippen molar-refractivity contribution in [3.63, 3.8) is 0 Å². The predicted octanol–water partition coefficient (Wildman–Crippen LogP) is 13.5. The van der Waals surface area contributed by atoms with Crippen LogP contribution in [0.25, 0.3) is 120 Å². The van der Waals surface area contributed by atoms with E-state index in [0.29, 0.717) is 17.6 Å². The number of rotatable bonds is 4. The van der Waals surface area contributed by atoms with Gasteiger partial charge in [0, 0.05) is 58.5 Å². The van der Waals surface area contributed by atoms with Gasteiger partial charge in [-0.3, -0.25) is 4.57 Å². The fourth-order valence-corrected chi connectivity index (χ4v) is 10.5. The molecule has 0 unspecified atom stereocenters. The Morgan fingerprint density at radius 3 is 1.51 bits per heavy atom. The highest BCUT2D eigenvalue weighted by atomic mass is 32.1. The minimum atomic E-state index is 0.578.